The second-order valence-electron chi connectivity index (χ2n) is 5.21. The fourth-order valence-corrected chi connectivity index (χ4v) is 2.44. The van der Waals surface area contributed by atoms with E-state index in [0.717, 1.165) is 25.7 Å². The topological polar surface area (TPSA) is 95.5 Å². The number of carboxylic acid groups (broad SMARTS) is 1. The van der Waals surface area contributed by atoms with Crippen molar-refractivity contribution in [2.45, 2.75) is 64.0 Å². The summed E-state index contributed by atoms with van der Waals surface area (Å²) in [6.07, 6.45) is 4.46. The van der Waals surface area contributed by atoms with E-state index in [9.17, 15) is 19.5 Å². The van der Waals surface area contributed by atoms with Crippen LogP contribution >= 0.6 is 0 Å². The zero-order valence-electron chi connectivity index (χ0n) is 11.5. The van der Waals surface area contributed by atoms with E-state index in [2.05, 4.69) is 10.6 Å². The minimum absolute atomic E-state index is 0.312. The highest BCUT2D eigenvalue weighted by Crippen LogP contribution is 2.27. The zero-order chi connectivity index (χ0) is 14.5. The van der Waals surface area contributed by atoms with Gasteiger partial charge in [-0.15, -0.1) is 0 Å². The van der Waals surface area contributed by atoms with E-state index in [1.54, 1.807) is 6.92 Å². The summed E-state index contributed by atoms with van der Waals surface area (Å²) in [6, 6.07) is -0.725. The molecule has 0 aromatic carbocycles. The van der Waals surface area contributed by atoms with Gasteiger partial charge in [0, 0.05) is 6.92 Å². The molecule has 0 aliphatic heterocycles. The minimum atomic E-state index is -1.18. The molecule has 19 heavy (non-hydrogen) atoms. The van der Waals surface area contributed by atoms with Gasteiger partial charge < -0.3 is 15.7 Å². The number of carbonyl (C=O) groups is 3. The molecule has 1 aliphatic rings. The van der Waals surface area contributed by atoms with Crippen molar-refractivity contribution in [3.05, 3.63) is 0 Å². The fraction of sp³-hybridized carbons (Fsp3) is 0.769. The van der Waals surface area contributed by atoms with E-state index in [4.69, 9.17) is 0 Å². The Labute approximate surface area is 112 Å². The average Bonchev–Trinajstić information content (AvgIpc) is 2.54. The molecule has 108 valence electrons. The lowest BCUT2D eigenvalue weighted by molar-refractivity contribution is -0.148. The summed E-state index contributed by atoms with van der Waals surface area (Å²) in [6.45, 7) is 2.87. The van der Waals surface area contributed by atoms with Gasteiger partial charge in [-0.25, -0.2) is 4.79 Å². The summed E-state index contributed by atoms with van der Waals surface area (Å²) < 4.78 is 0. The van der Waals surface area contributed by atoms with E-state index in [0.29, 0.717) is 12.8 Å². The van der Waals surface area contributed by atoms with Gasteiger partial charge in [0.2, 0.25) is 11.8 Å². The molecule has 6 nitrogen and oxygen atoms in total. The number of amides is 2. The number of nitrogens with one attached hydrogen (secondary N) is 2. The Morgan fingerprint density at radius 2 is 1.63 bits per heavy atom. The molecule has 2 amide bonds. The largest absolute Gasteiger partial charge is 0.480 e. The van der Waals surface area contributed by atoms with Crippen LogP contribution in [0.5, 0.6) is 0 Å². The van der Waals surface area contributed by atoms with Gasteiger partial charge in [0.1, 0.15) is 11.6 Å². The molecule has 1 atom stereocenters. The standard InChI is InChI=1S/C13H22N2O4/c1-9(14-10(2)16)11(17)15-13(12(18)19)7-5-3-4-6-8-13/h9H,3-8H2,1-2H3,(H,14,16)(H,15,17)(H,18,19). The Kier molecular flexibility index (Phi) is 5.32. The molecule has 0 aromatic rings. The summed E-state index contributed by atoms with van der Waals surface area (Å²) in [5.41, 5.74) is -1.18. The SMILES string of the molecule is CC(=O)NC(C)C(=O)NC1(C(=O)O)CCCCCC1. The molecule has 0 aromatic heterocycles. The second kappa shape index (κ2) is 6.54. The van der Waals surface area contributed by atoms with Gasteiger partial charge >= 0.3 is 5.97 Å². The maximum Gasteiger partial charge on any atom is 0.329 e. The Hall–Kier alpha value is -1.59. The van der Waals surface area contributed by atoms with Gasteiger partial charge in [-0.05, 0) is 19.8 Å². The van der Waals surface area contributed by atoms with Crippen LogP contribution in [0.3, 0.4) is 0 Å². The summed E-state index contributed by atoms with van der Waals surface area (Å²) >= 11 is 0. The van der Waals surface area contributed by atoms with Crippen molar-refractivity contribution < 1.29 is 19.5 Å². The van der Waals surface area contributed by atoms with Crippen LogP contribution in [-0.4, -0.2) is 34.5 Å². The van der Waals surface area contributed by atoms with Crippen molar-refractivity contribution in [3.63, 3.8) is 0 Å². The summed E-state index contributed by atoms with van der Waals surface area (Å²) in [7, 11) is 0. The summed E-state index contributed by atoms with van der Waals surface area (Å²) in [4.78, 5) is 34.4. The summed E-state index contributed by atoms with van der Waals surface area (Å²) in [5.74, 6) is -1.75. The molecule has 0 spiro atoms. The lowest BCUT2D eigenvalue weighted by Gasteiger charge is -2.30. The van der Waals surface area contributed by atoms with Crippen LogP contribution in [0.15, 0.2) is 0 Å². The van der Waals surface area contributed by atoms with Crippen molar-refractivity contribution in [3.8, 4) is 0 Å². The molecule has 1 aliphatic carbocycles. The highest BCUT2D eigenvalue weighted by Gasteiger charge is 2.40. The van der Waals surface area contributed by atoms with Gasteiger partial charge in [-0.3, -0.25) is 9.59 Å². The van der Waals surface area contributed by atoms with Crippen molar-refractivity contribution in [1.29, 1.82) is 0 Å². The van der Waals surface area contributed by atoms with Crippen molar-refractivity contribution in [2.75, 3.05) is 0 Å². The average molecular weight is 270 g/mol. The summed E-state index contributed by atoms with van der Waals surface area (Å²) in [5, 5.41) is 14.5. The molecule has 1 unspecified atom stereocenters. The quantitative estimate of drug-likeness (QED) is 0.659. The van der Waals surface area contributed by atoms with E-state index in [1.165, 1.54) is 6.92 Å². The van der Waals surface area contributed by atoms with Crippen LogP contribution in [0.4, 0.5) is 0 Å². The Morgan fingerprint density at radius 1 is 1.11 bits per heavy atom. The van der Waals surface area contributed by atoms with Crippen LogP contribution < -0.4 is 10.6 Å². The van der Waals surface area contributed by atoms with Crippen LogP contribution in [0.1, 0.15) is 52.4 Å². The van der Waals surface area contributed by atoms with Gasteiger partial charge in [0.15, 0.2) is 0 Å². The van der Waals surface area contributed by atoms with E-state index in [-0.39, 0.29) is 5.91 Å². The van der Waals surface area contributed by atoms with Crippen molar-refractivity contribution >= 4 is 17.8 Å². The predicted molar refractivity (Wildman–Crippen MR) is 69.5 cm³/mol. The molecular weight excluding hydrogens is 248 g/mol. The first-order chi connectivity index (χ1) is 8.87. The Balaban J connectivity index is 2.75. The van der Waals surface area contributed by atoms with E-state index < -0.39 is 23.5 Å². The molecule has 3 N–H and O–H groups in total. The van der Waals surface area contributed by atoms with Gasteiger partial charge in [0.25, 0.3) is 0 Å². The first kappa shape index (κ1) is 15.5. The lowest BCUT2D eigenvalue weighted by atomic mass is 9.90. The normalized spacial score (nSPS) is 19.9. The third-order valence-electron chi connectivity index (χ3n) is 3.54. The number of rotatable bonds is 4. The highest BCUT2D eigenvalue weighted by molar-refractivity contribution is 5.91. The third kappa shape index (κ3) is 4.22. The number of aliphatic carboxylic acids is 1. The van der Waals surface area contributed by atoms with E-state index >= 15 is 0 Å². The van der Waals surface area contributed by atoms with Crippen molar-refractivity contribution in [2.24, 2.45) is 0 Å². The van der Waals surface area contributed by atoms with Crippen LogP contribution in [0.2, 0.25) is 0 Å². The third-order valence-corrected chi connectivity index (χ3v) is 3.54. The Morgan fingerprint density at radius 3 is 2.05 bits per heavy atom. The molecule has 0 radical (unpaired) electrons. The maximum absolute atomic E-state index is 12.0. The van der Waals surface area contributed by atoms with Crippen LogP contribution in [-0.2, 0) is 14.4 Å². The first-order valence-electron chi connectivity index (χ1n) is 6.70. The van der Waals surface area contributed by atoms with Crippen LogP contribution in [0, 0.1) is 0 Å². The van der Waals surface area contributed by atoms with Gasteiger partial charge in [-0.1, -0.05) is 25.7 Å². The highest BCUT2D eigenvalue weighted by atomic mass is 16.4. The monoisotopic (exact) mass is 270 g/mol. The molecule has 6 heteroatoms. The molecule has 1 saturated carbocycles. The molecule has 0 saturated heterocycles. The second-order valence-corrected chi connectivity index (χ2v) is 5.21. The zero-order valence-corrected chi connectivity index (χ0v) is 11.5. The first-order valence-corrected chi connectivity index (χ1v) is 6.70. The molecule has 1 rings (SSSR count). The minimum Gasteiger partial charge on any atom is -0.480 e. The molecular formula is C13H22N2O4. The molecule has 0 bridgehead atoms. The number of carboxylic acids is 1. The fourth-order valence-electron chi connectivity index (χ4n) is 2.44. The molecule has 1 fully saturated rings. The Bertz CT molecular complexity index is 360. The van der Waals surface area contributed by atoms with Gasteiger partial charge in [0.05, 0.1) is 0 Å². The number of carbonyl (C=O) groups excluding carboxylic acids is 2. The number of hydrogen-bond donors (Lipinski definition) is 3. The van der Waals surface area contributed by atoms with Crippen LogP contribution in [0.25, 0.3) is 0 Å². The van der Waals surface area contributed by atoms with Gasteiger partial charge in [-0.2, -0.15) is 0 Å². The van der Waals surface area contributed by atoms with E-state index in [1.807, 2.05) is 0 Å². The maximum atomic E-state index is 12.0. The molecule has 0 heterocycles. The predicted octanol–water partition coefficient (Wildman–Crippen LogP) is 0.805. The number of hydrogen-bond acceptors (Lipinski definition) is 3. The lowest BCUT2D eigenvalue weighted by Crippen LogP contribution is -2.58. The van der Waals surface area contributed by atoms with Crippen molar-refractivity contribution in [1.82, 2.24) is 10.6 Å². The smallest absolute Gasteiger partial charge is 0.329 e.